The van der Waals surface area contributed by atoms with Crippen LogP contribution < -0.4 is 5.73 Å². The molecule has 0 aliphatic carbocycles. The van der Waals surface area contributed by atoms with Gasteiger partial charge in [-0.2, -0.15) is 17.5 Å². The number of hydrogen-bond acceptors (Lipinski definition) is 3. The van der Waals surface area contributed by atoms with E-state index in [-0.39, 0.29) is 15.7 Å². The van der Waals surface area contributed by atoms with Crippen LogP contribution in [0.4, 0.5) is 13.2 Å². The Labute approximate surface area is 96.5 Å². The van der Waals surface area contributed by atoms with Crippen LogP contribution in [-0.2, 0) is 16.6 Å². The molecule has 3 N–H and O–H groups in total. The predicted molar refractivity (Wildman–Crippen MR) is 54.6 cm³/mol. The van der Waals surface area contributed by atoms with E-state index in [0.29, 0.717) is 5.69 Å². The summed E-state index contributed by atoms with van der Waals surface area (Å²) in [5.74, 6) is 0. The van der Waals surface area contributed by atoms with Crippen molar-refractivity contribution in [2.75, 3.05) is 13.6 Å². The maximum atomic E-state index is 12.1. The van der Waals surface area contributed by atoms with Gasteiger partial charge < -0.3 is 10.7 Å². The molecule has 5 nitrogen and oxygen atoms in total. The van der Waals surface area contributed by atoms with Crippen molar-refractivity contribution in [1.29, 1.82) is 0 Å². The molecular formula is C8H12F3N3O2S. The van der Waals surface area contributed by atoms with Crippen molar-refractivity contribution in [3.8, 4) is 0 Å². The number of aromatic nitrogens is 1. The van der Waals surface area contributed by atoms with Gasteiger partial charge in [0, 0.05) is 25.5 Å². The maximum absolute atomic E-state index is 12.1. The van der Waals surface area contributed by atoms with E-state index in [0.717, 1.165) is 13.2 Å². The van der Waals surface area contributed by atoms with Gasteiger partial charge in [0.2, 0.25) is 10.0 Å². The lowest BCUT2D eigenvalue weighted by molar-refractivity contribution is -0.134. The Kier molecular flexibility index (Phi) is 3.84. The van der Waals surface area contributed by atoms with Crippen molar-refractivity contribution in [1.82, 2.24) is 9.29 Å². The lowest BCUT2D eigenvalue weighted by atomic mass is 10.4. The van der Waals surface area contributed by atoms with E-state index in [4.69, 9.17) is 5.73 Å². The molecule has 0 spiro atoms. The molecule has 98 valence electrons. The molecule has 0 aliphatic rings. The molecule has 0 aromatic carbocycles. The highest BCUT2D eigenvalue weighted by molar-refractivity contribution is 7.89. The number of sulfonamides is 1. The van der Waals surface area contributed by atoms with Gasteiger partial charge in [0.15, 0.2) is 0 Å². The molecule has 0 saturated heterocycles. The first-order valence-corrected chi connectivity index (χ1v) is 6.01. The second-order valence-electron chi connectivity index (χ2n) is 3.44. The third kappa shape index (κ3) is 3.45. The number of nitrogens with zero attached hydrogens (tertiary/aromatic N) is 1. The smallest absolute Gasteiger partial charge is 0.363 e. The summed E-state index contributed by atoms with van der Waals surface area (Å²) >= 11 is 0. The fourth-order valence-electron chi connectivity index (χ4n) is 1.20. The maximum Gasteiger partial charge on any atom is 0.402 e. The molecule has 17 heavy (non-hydrogen) atoms. The minimum absolute atomic E-state index is 0.0819. The first kappa shape index (κ1) is 14.0. The molecule has 1 rings (SSSR count). The lowest BCUT2D eigenvalue weighted by Gasteiger charge is -2.17. The zero-order valence-corrected chi connectivity index (χ0v) is 9.77. The number of nitrogens with one attached hydrogen (secondary N) is 1. The molecule has 0 amide bonds. The second kappa shape index (κ2) is 4.67. The predicted octanol–water partition coefficient (Wildman–Crippen LogP) is 0.656. The van der Waals surface area contributed by atoms with Gasteiger partial charge in [-0.05, 0) is 6.07 Å². The highest BCUT2D eigenvalue weighted by Crippen LogP contribution is 2.21. The Hall–Kier alpha value is -1.06. The summed E-state index contributed by atoms with van der Waals surface area (Å²) in [6.45, 7) is -1.45. The van der Waals surface area contributed by atoms with E-state index in [2.05, 4.69) is 4.98 Å². The number of nitrogens with two attached hydrogens (primary N) is 1. The minimum Gasteiger partial charge on any atom is -0.363 e. The van der Waals surface area contributed by atoms with E-state index >= 15 is 0 Å². The Morgan fingerprint density at radius 3 is 2.47 bits per heavy atom. The van der Waals surface area contributed by atoms with Crippen LogP contribution in [0.25, 0.3) is 0 Å². The minimum atomic E-state index is -4.57. The van der Waals surface area contributed by atoms with Crippen molar-refractivity contribution in [2.45, 2.75) is 17.6 Å². The number of aromatic amines is 1. The summed E-state index contributed by atoms with van der Waals surface area (Å²) in [6.07, 6.45) is -3.46. The van der Waals surface area contributed by atoms with Crippen LogP contribution in [-0.4, -0.2) is 37.5 Å². The third-order valence-electron chi connectivity index (χ3n) is 2.05. The van der Waals surface area contributed by atoms with Crippen LogP contribution in [0.3, 0.4) is 0 Å². The molecule has 1 aromatic heterocycles. The molecule has 1 heterocycles. The number of rotatable bonds is 4. The van der Waals surface area contributed by atoms with Gasteiger partial charge in [0.05, 0.1) is 4.90 Å². The first-order valence-electron chi connectivity index (χ1n) is 4.57. The molecule has 0 fully saturated rings. The molecule has 0 aliphatic heterocycles. The number of halogens is 3. The van der Waals surface area contributed by atoms with Crippen LogP contribution in [0.1, 0.15) is 5.69 Å². The van der Waals surface area contributed by atoms with Crippen LogP contribution in [0, 0.1) is 0 Å². The molecule has 0 saturated carbocycles. The van der Waals surface area contributed by atoms with Crippen LogP contribution in [0.2, 0.25) is 0 Å². The van der Waals surface area contributed by atoms with Crippen LogP contribution in [0.15, 0.2) is 17.2 Å². The molecule has 9 heteroatoms. The highest BCUT2D eigenvalue weighted by Gasteiger charge is 2.35. The Morgan fingerprint density at radius 2 is 2.06 bits per heavy atom. The van der Waals surface area contributed by atoms with E-state index in [1.807, 2.05) is 0 Å². The van der Waals surface area contributed by atoms with Crippen molar-refractivity contribution in [3.05, 3.63) is 18.0 Å². The van der Waals surface area contributed by atoms with Gasteiger partial charge in [-0.1, -0.05) is 0 Å². The second-order valence-corrected chi connectivity index (χ2v) is 5.49. The summed E-state index contributed by atoms with van der Waals surface area (Å²) in [7, 11) is -3.26. The summed E-state index contributed by atoms with van der Waals surface area (Å²) in [5.41, 5.74) is 5.70. The van der Waals surface area contributed by atoms with Crippen LogP contribution in [0.5, 0.6) is 0 Å². The zero-order chi connectivity index (χ0) is 13.3. The number of H-pyrrole nitrogens is 1. The summed E-state index contributed by atoms with van der Waals surface area (Å²) < 4.78 is 59.9. The molecule has 1 aromatic rings. The van der Waals surface area contributed by atoms with Crippen molar-refractivity contribution in [2.24, 2.45) is 5.73 Å². The summed E-state index contributed by atoms with van der Waals surface area (Å²) in [5, 5.41) is 0. The van der Waals surface area contributed by atoms with Gasteiger partial charge in [0.25, 0.3) is 0 Å². The molecule has 0 bridgehead atoms. The van der Waals surface area contributed by atoms with E-state index in [9.17, 15) is 21.6 Å². The summed E-state index contributed by atoms with van der Waals surface area (Å²) in [4.78, 5) is 2.34. The van der Waals surface area contributed by atoms with E-state index in [1.165, 1.54) is 6.07 Å². The first-order chi connectivity index (χ1) is 7.66. The topological polar surface area (TPSA) is 79.2 Å². The number of hydrogen-bond donors (Lipinski definition) is 2. The largest absolute Gasteiger partial charge is 0.402 e. The van der Waals surface area contributed by atoms with Gasteiger partial charge in [0.1, 0.15) is 6.54 Å². The Balaban J connectivity index is 2.95. The molecule has 0 unspecified atom stereocenters. The quantitative estimate of drug-likeness (QED) is 0.844. The van der Waals surface area contributed by atoms with E-state index < -0.39 is 22.7 Å². The normalized spacial score (nSPS) is 13.3. The monoisotopic (exact) mass is 271 g/mol. The summed E-state index contributed by atoms with van der Waals surface area (Å²) in [6, 6.07) is 1.21. The van der Waals surface area contributed by atoms with Gasteiger partial charge in [-0.15, -0.1) is 0 Å². The van der Waals surface area contributed by atoms with Gasteiger partial charge in [-0.3, -0.25) is 0 Å². The molecule has 0 radical (unpaired) electrons. The van der Waals surface area contributed by atoms with Gasteiger partial charge in [-0.25, -0.2) is 8.42 Å². The fourth-order valence-corrected chi connectivity index (χ4v) is 2.38. The molecule has 0 atom stereocenters. The number of alkyl halides is 3. The average molecular weight is 271 g/mol. The highest BCUT2D eigenvalue weighted by atomic mass is 32.2. The molecular weight excluding hydrogens is 259 g/mol. The third-order valence-corrected chi connectivity index (χ3v) is 3.83. The van der Waals surface area contributed by atoms with Crippen molar-refractivity contribution >= 4 is 10.0 Å². The Morgan fingerprint density at radius 1 is 1.47 bits per heavy atom. The Bertz CT molecular complexity index is 480. The van der Waals surface area contributed by atoms with Crippen molar-refractivity contribution in [3.63, 3.8) is 0 Å². The fraction of sp³-hybridized carbons (Fsp3) is 0.500. The van der Waals surface area contributed by atoms with Gasteiger partial charge >= 0.3 is 6.18 Å². The van der Waals surface area contributed by atoms with Crippen LogP contribution >= 0.6 is 0 Å². The average Bonchev–Trinajstić information content (AvgIpc) is 2.63. The standard InChI is InChI=1S/C8H12F3N3O2S/c1-14(5-8(9,10)11)17(15,16)7-2-6(3-12)13-4-7/h2,4,13H,3,5,12H2,1H3. The van der Waals surface area contributed by atoms with E-state index in [1.54, 1.807) is 0 Å². The SMILES string of the molecule is CN(CC(F)(F)F)S(=O)(=O)c1c[nH]c(CN)c1. The van der Waals surface area contributed by atoms with Crippen molar-refractivity contribution < 1.29 is 21.6 Å². The lowest BCUT2D eigenvalue weighted by Crippen LogP contribution is -2.35. The zero-order valence-electron chi connectivity index (χ0n) is 8.95.